The van der Waals surface area contributed by atoms with Crippen LogP contribution in [0, 0.1) is 5.92 Å². The summed E-state index contributed by atoms with van der Waals surface area (Å²) >= 11 is 0. The van der Waals surface area contributed by atoms with E-state index in [0.29, 0.717) is 11.1 Å². The van der Waals surface area contributed by atoms with Crippen LogP contribution in [0.4, 0.5) is 0 Å². The zero-order valence-corrected chi connectivity index (χ0v) is 15.2. The Bertz CT molecular complexity index is 1140. The molecule has 3 aromatic rings. The van der Waals surface area contributed by atoms with Crippen LogP contribution in [0.2, 0.25) is 0 Å². The van der Waals surface area contributed by atoms with Crippen LogP contribution < -0.4 is 4.74 Å². The molecule has 0 aromatic heterocycles. The summed E-state index contributed by atoms with van der Waals surface area (Å²) in [4.78, 5) is 13.1. The van der Waals surface area contributed by atoms with Crippen LogP contribution in [0.5, 0.6) is 17.2 Å². The second-order valence-electron chi connectivity index (χ2n) is 7.54. The fraction of sp³-hybridized carbons (Fsp3) is 0.174. The molecule has 3 aliphatic carbocycles. The normalized spacial score (nSPS) is 26.5. The highest BCUT2D eigenvalue weighted by molar-refractivity contribution is 5.81. The molecule has 3 aromatic carbocycles. The SMILES string of the molecule is O=C(Oc1ccc(O)cc1)C1CC2(O)c3ccccc3C1(O)c1cccc(O)c12. The maximum atomic E-state index is 13.1. The molecule has 3 aliphatic rings. The van der Waals surface area contributed by atoms with Crippen molar-refractivity contribution in [3.8, 4) is 17.2 Å². The summed E-state index contributed by atoms with van der Waals surface area (Å²) in [6.45, 7) is 0. The quantitative estimate of drug-likeness (QED) is 0.396. The third kappa shape index (κ3) is 2.27. The molecule has 0 saturated carbocycles. The Morgan fingerprint density at radius 2 is 1.52 bits per heavy atom. The van der Waals surface area contributed by atoms with E-state index in [0.717, 1.165) is 0 Å². The van der Waals surface area contributed by atoms with Crippen LogP contribution in [0.15, 0.2) is 66.7 Å². The van der Waals surface area contributed by atoms with Crippen LogP contribution in [0.3, 0.4) is 0 Å². The van der Waals surface area contributed by atoms with Gasteiger partial charge in [-0.2, -0.15) is 0 Å². The molecule has 3 unspecified atom stereocenters. The summed E-state index contributed by atoms with van der Waals surface area (Å²) in [5.74, 6) is -1.68. The molecule has 146 valence electrons. The molecule has 0 spiro atoms. The number of hydrogen-bond donors (Lipinski definition) is 4. The number of carbonyl (C=O) groups excluding carboxylic acids is 1. The lowest BCUT2D eigenvalue weighted by Crippen LogP contribution is -2.57. The molecule has 6 nitrogen and oxygen atoms in total. The average molecular weight is 390 g/mol. The molecule has 6 rings (SSSR count). The van der Waals surface area contributed by atoms with Crippen LogP contribution in [-0.2, 0) is 16.0 Å². The largest absolute Gasteiger partial charge is 0.508 e. The molecular formula is C23H18O6. The van der Waals surface area contributed by atoms with Crippen molar-refractivity contribution in [2.24, 2.45) is 5.92 Å². The summed E-state index contributed by atoms with van der Waals surface area (Å²) < 4.78 is 5.45. The predicted molar refractivity (Wildman–Crippen MR) is 102 cm³/mol. The molecular weight excluding hydrogens is 372 g/mol. The van der Waals surface area contributed by atoms with Gasteiger partial charge in [-0.15, -0.1) is 0 Å². The van der Waals surface area contributed by atoms with Crippen LogP contribution in [0.1, 0.15) is 28.7 Å². The second kappa shape index (κ2) is 5.83. The molecule has 3 atom stereocenters. The molecule has 0 saturated heterocycles. The Kier molecular flexibility index (Phi) is 3.56. The lowest BCUT2D eigenvalue weighted by Gasteiger charge is -2.53. The monoisotopic (exact) mass is 390 g/mol. The smallest absolute Gasteiger partial charge is 0.318 e. The number of aromatic hydroxyl groups is 2. The van der Waals surface area contributed by atoms with E-state index in [4.69, 9.17) is 4.74 Å². The molecule has 0 heterocycles. The predicted octanol–water partition coefficient (Wildman–Crippen LogP) is 2.51. The van der Waals surface area contributed by atoms with E-state index in [-0.39, 0.29) is 34.8 Å². The van der Waals surface area contributed by atoms with Crippen molar-refractivity contribution in [1.82, 2.24) is 0 Å². The number of hydrogen-bond acceptors (Lipinski definition) is 6. The highest BCUT2D eigenvalue weighted by atomic mass is 16.5. The first kappa shape index (κ1) is 17.7. The van der Waals surface area contributed by atoms with Crippen molar-refractivity contribution in [2.45, 2.75) is 17.6 Å². The number of rotatable bonds is 2. The first-order valence-corrected chi connectivity index (χ1v) is 9.24. The maximum Gasteiger partial charge on any atom is 0.318 e. The van der Waals surface area contributed by atoms with Gasteiger partial charge in [0.05, 0.1) is 5.92 Å². The number of fused-ring (bicyclic) bond motifs is 1. The Labute approximate surface area is 166 Å². The lowest BCUT2D eigenvalue weighted by atomic mass is 9.54. The summed E-state index contributed by atoms with van der Waals surface area (Å²) in [5.41, 5.74) is -2.01. The summed E-state index contributed by atoms with van der Waals surface area (Å²) in [6.07, 6.45) is -0.137. The molecule has 0 fully saturated rings. The summed E-state index contributed by atoms with van der Waals surface area (Å²) in [6, 6.07) is 17.1. The average Bonchev–Trinajstić information content (AvgIpc) is 2.71. The van der Waals surface area contributed by atoms with Gasteiger partial charge in [-0.3, -0.25) is 4.79 Å². The van der Waals surface area contributed by atoms with Gasteiger partial charge in [0.2, 0.25) is 0 Å². The Hall–Kier alpha value is -3.35. The van der Waals surface area contributed by atoms with E-state index < -0.39 is 23.1 Å². The van der Waals surface area contributed by atoms with Gasteiger partial charge in [0.1, 0.15) is 28.5 Å². The molecule has 0 aliphatic heterocycles. The van der Waals surface area contributed by atoms with Crippen molar-refractivity contribution >= 4 is 5.97 Å². The number of phenolic OH excluding ortho intramolecular Hbond substituents is 2. The molecule has 29 heavy (non-hydrogen) atoms. The van der Waals surface area contributed by atoms with E-state index >= 15 is 0 Å². The third-order valence-corrected chi connectivity index (χ3v) is 5.99. The van der Waals surface area contributed by atoms with Crippen LogP contribution >= 0.6 is 0 Å². The van der Waals surface area contributed by atoms with Gasteiger partial charge in [-0.25, -0.2) is 0 Å². The van der Waals surface area contributed by atoms with Gasteiger partial charge in [0.15, 0.2) is 0 Å². The lowest BCUT2D eigenvalue weighted by molar-refractivity contribution is -0.157. The van der Waals surface area contributed by atoms with Crippen molar-refractivity contribution in [3.05, 3.63) is 89.0 Å². The van der Waals surface area contributed by atoms with Gasteiger partial charge in [0.25, 0.3) is 0 Å². The summed E-state index contributed by atoms with van der Waals surface area (Å²) in [7, 11) is 0. The van der Waals surface area contributed by atoms with Crippen molar-refractivity contribution in [3.63, 3.8) is 0 Å². The van der Waals surface area contributed by atoms with Gasteiger partial charge in [0, 0.05) is 12.0 Å². The van der Waals surface area contributed by atoms with Gasteiger partial charge in [-0.05, 0) is 47.0 Å². The first-order chi connectivity index (χ1) is 13.9. The molecule has 0 amide bonds. The molecule has 6 heteroatoms. The maximum absolute atomic E-state index is 13.1. The molecule has 2 bridgehead atoms. The number of benzene rings is 3. The number of carbonyl (C=O) groups is 1. The minimum absolute atomic E-state index is 0.0350. The van der Waals surface area contributed by atoms with Gasteiger partial charge >= 0.3 is 5.97 Å². The number of esters is 1. The fourth-order valence-corrected chi connectivity index (χ4v) is 4.73. The van der Waals surface area contributed by atoms with Crippen molar-refractivity contribution in [1.29, 1.82) is 0 Å². The molecule has 4 N–H and O–H groups in total. The highest BCUT2D eigenvalue weighted by Gasteiger charge is 2.63. The fourth-order valence-electron chi connectivity index (χ4n) is 4.73. The minimum Gasteiger partial charge on any atom is -0.508 e. The van der Waals surface area contributed by atoms with E-state index in [9.17, 15) is 25.2 Å². The Morgan fingerprint density at radius 1 is 0.862 bits per heavy atom. The van der Waals surface area contributed by atoms with Gasteiger partial charge < -0.3 is 25.2 Å². The highest BCUT2D eigenvalue weighted by Crippen LogP contribution is 2.61. The van der Waals surface area contributed by atoms with E-state index in [1.807, 2.05) is 0 Å². The van der Waals surface area contributed by atoms with Crippen LogP contribution in [-0.4, -0.2) is 26.4 Å². The Morgan fingerprint density at radius 3 is 2.24 bits per heavy atom. The van der Waals surface area contributed by atoms with E-state index in [1.165, 1.54) is 30.3 Å². The number of ether oxygens (including phenoxy) is 1. The number of phenols is 2. The topological polar surface area (TPSA) is 107 Å². The standard InChI is InChI=1S/C23H18O6/c24-13-8-10-14(11-9-13)29-21(26)18-12-22(27)15-4-1-2-5-16(15)23(18,28)17-6-3-7-19(25)20(17)22/h1-11,18,24-25,27-28H,12H2. The third-order valence-electron chi connectivity index (χ3n) is 5.99. The minimum atomic E-state index is -1.76. The van der Waals surface area contributed by atoms with E-state index in [2.05, 4.69) is 0 Å². The second-order valence-corrected chi connectivity index (χ2v) is 7.54. The Balaban J connectivity index is 1.67. The van der Waals surface area contributed by atoms with Crippen molar-refractivity contribution < 1.29 is 30.0 Å². The zero-order valence-electron chi connectivity index (χ0n) is 15.2. The summed E-state index contributed by atoms with van der Waals surface area (Å²) in [5, 5.41) is 43.3. The van der Waals surface area contributed by atoms with E-state index in [1.54, 1.807) is 36.4 Å². The molecule has 0 radical (unpaired) electrons. The van der Waals surface area contributed by atoms with Crippen molar-refractivity contribution in [2.75, 3.05) is 0 Å². The first-order valence-electron chi connectivity index (χ1n) is 9.24. The zero-order chi connectivity index (χ0) is 20.4. The number of aliphatic hydroxyl groups is 2. The van der Waals surface area contributed by atoms with Crippen LogP contribution in [0.25, 0.3) is 0 Å². The van der Waals surface area contributed by atoms with Gasteiger partial charge in [-0.1, -0.05) is 36.4 Å².